The van der Waals surface area contributed by atoms with E-state index in [1.54, 1.807) is 4.90 Å². The van der Waals surface area contributed by atoms with Gasteiger partial charge in [0.25, 0.3) is 0 Å². The normalized spacial score (nSPS) is 16.8. The van der Waals surface area contributed by atoms with Gasteiger partial charge in [0.05, 0.1) is 11.0 Å². The summed E-state index contributed by atoms with van der Waals surface area (Å²) in [6.45, 7) is 8.80. The van der Waals surface area contributed by atoms with Crippen LogP contribution >= 0.6 is 0 Å². The van der Waals surface area contributed by atoms with Gasteiger partial charge in [0.1, 0.15) is 0 Å². The number of nitrogens with zero attached hydrogens (tertiary/aromatic N) is 1. The van der Waals surface area contributed by atoms with Crippen LogP contribution in [0, 0.1) is 11.8 Å². The van der Waals surface area contributed by atoms with Crippen LogP contribution in [0.25, 0.3) is 0 Å². The summed E-state index contributed by atoms with van der Waals surface area (Å²) in [6.07, 6.45) is 3.82. The predicted molar refractivity (Wildman–Crippen MR) is 82.3 cm³/mol. The number of carbonyl (C=O) groups excluding carboxylic acids is 1. The van der Waals surface area contributed by atoms with Crippen molar-refractivity contribution in [2.45, 2.75) is 58.6 Å². The van der Waals surface area contributed by atoms with Crippen molar-refractivity contribution in [2.75, 3.05) is 18.8 Å². The molecule has 20 heavy (non-hydrogen) atoms. The van der Waals surface area contributed by atoms with E-state index >= 15 is 0 Å². The van der Waals surface area contributed by atoms with E-state index in [9.17, 15) is 13.2 Å². The Bertz CT molecular complexity index is 405. The van der Waals surface area contributed by atoms with Gasteiger partial charge < -0.3 is 4.90 Å². The number of rotatable bonds is 8. The molecule has 0 aliphatic carbocycles. The summed E-state index contributed by atoms with van der Waals surface area (Å²) in [6, 6.07) is 0. The second-order valence-electron chi connectivity index (χ2n) is 6.36. The Hall–Kier alpha value is -0.580. The number of carbonyl (C=O) groups is 1. The van der Waals surface area contributed by atoms with Crippen LogP contribution in [0.4, 0.5) is 0 Å². The topological polar surface area (TPSA) is 54.5 Å². The van der Waals surface area contributed by atoms with Gasteiger partial charge in [0.15, 0.2) is 9.84 Å². The Kier molecular flexibility index (Phi) is 6.49. The van der Waals surface area contributed by atoms with Crippen LogP contribution in [0.3, 0.4) is 0 Å². The van der Waals surface area contributed by atoms with Crippen LogP contribution < -0.4 is 0 Å². The fraction of sp³-hybridized carbons (Fsp3) is 0.933. The molecule has 0 aromatic carbocycles. The van der Waals surface area contributed by atoms with Gasteiger partial charge in [-0.25, -0.2) is 8.42 Å². The van der Waals surface area contributed by atoms with Crippen molar-refractivity contribution in [2.24, 2.45) is 11.8 Å². The molecule has 1 amide bonds. The molecule has 118 valence electrons. The first-order valence-electron chi connectivity index (χ1n) is 7.82. The lowest BCUT2D eigenvalue weighted by molar-refractivity contribution is -0.139. The minimum Gasteiger partial charge on any atom is -0.340 e. The molecule has 1 aliphatic heterocycles. The molecule has 5 heteroatoms. The molecule has 1 fully saturated rings. The highest BCUT2D eigenvalue weighted by molar-refractivity contribution is 7.92. The molecule has 1 heterocycles. The molecule has 1 rings (SSSR count). The maximum Gasteiger partial charge on any atom is 0.225 e. The van der Waals surface area contributed by atoms with E-state index in [0.29, 0.717) is 13.1 Å². The van der Waals surface area contributed by atoms with Gasteiger partial charge in [-0.2, -0.15) is 0 Å². The Labute approximate surface area is 123 Å². The SMILES string of the molecule is CCCC(CCC)C(=O)N1CC(S(=O)(=O)CC(C)C)C1. The molecular formula is C15H29NO3S. The lowest BCUT2D eigenvalue weighted by Gasteiger charge is -2.40. The zero-order chi connectivity index (χ0) is 15.3. The monoisotopic (exact) mass is 303 g/mol. The number of likely N-dealkylation sites (tertiary alicyclic amines) is 1. The fourth-order valence-electron chi connectivity index (χ4n) is 2.79. The molecule has 0 bridgehead atoms. The summed E-state index contributed by atoms with van der Waals surface area (Å²) in [5, 5.41) is -0.335. The third-order valence-corrected chi connectivity index (χ3v) is 6.30. The summed E-state index contributed by atoms with van der Waals surface area (Å²) in [4.78, 5) is 14.1. The van der Waals surface area contributed by atoms with Crippen LogP contribution in [0.5, 0.6) is 0 Å². The predicted octanol–water partition coefficient (Wildman–Crippen LogP) is 2.48. The highest BCUT2D eigenvalue weighted by Gasteiger charge is 2.41. The summed E-state index contributed by atoms with van der Waals surface area (Å²) in [5.74, 6) is 0.619. The molecule has 0 aromatic heterocycles. The molecule has 0 atom stereocenters. The number of hydrogen-bond donors (Lipinski definition) is 0. The Morgan fingerprint density at radius 3 is 2.05 bits per heavy atom. The van der Waals surface area contributed by atoms with Crippen molar-refractivity contribution in [3.8, 4) is 0 Å². The van der Waals surface area contributed by atoms with E-state index in [0.717, 1.165) is 25.7 Å². The quantitative estimate of drug-likeness (QED) is 0.692. The van der Waals surface area contributed by atoms with Crippen molar-refractivity contribution in [3.05, 3.63) is 0 Å². The maximum atomic E-state index is 12.3. The Morgan fingerprint density at radius 2 is 1.65 bits per heavy atom. The van der Waals surface area contributed by atoms with Gasteiger partial charge in [-0.05, 0) is 18.8 Å². The number of hydrogen-bond acceptors (Lipinski definition) is 3. The standard InChI is InChI=1S/C15H29NO3S/c1-5-7-13(8-6-2)15(17)16-9-14(10-16)20(18,19)11-12(3)4/h12-14H,5-11H2,1-4H3. The summed E-state index contributed by atoms with van der Waals surface area (Å²) in [7, 11) is -3.03. The van der Waals surface area contributed by atoms with Gasteiger partial charge in [0.2, 0.25) is 5.91 Å². The molecule has 4 nitrogen and oxygen atoms in total. The van der Waals surface area contributed by atoms with E-state index in [1.807, 2.05) is 13.8 Å². The van der Waals surface area contributed by atoms with Crippen molar-refractivity contribution in [3.63, 3.8) is 0 Å². The second-order valence-corrected chi connectivity index (χ2v) is 8.69. The van der Waals surface area contributed by atoms with Gasteiger partial charge in [-0.3, -0.25) is 4.79 Å². The largest absolute Gasteiger partial charge is 0.340 e. The van der Waals surface area contributed by atoms with Crippen molar-refractivity contribution < 1.29 is 13.2 Å². The molecule has 0 saturated carbocycles. The lowest BCUT2D eigenvalue weighted by Crippen LogP contribution is -2.58. The van der Waals surface area contributed by atoms with E-state index < -0.39 is 9.84 Å². The van der Waals surface area contributed by atoms with Crippen LogP contribution in [-0.2, 0) is 14.6 Å². The zero-order valence-corrected chi connectivity index (χ0v) is 14.1. The van der Waals surface area contributed by atoms with E-state index in [2.05, 4.69) is 13.8 Å². The first-order chi connectivity index (χ1) is 9.31. The van der Waals surface area contributed by atoms with Gasteiger partial charge in [-0.15, -0.1) is 0 Å². The third kappa shape index (κ3) is 4.47. The molecular weight excluding hydrogens is 274 g/mol. The number of sulfone groups is 1. The van der Waals surface area contributed by atoms with Crippen LogP contribution in [0.2, 0.25) is 0 Å². The smallest absolute Gasteiger partial charge is 0.225 e. The van der Waals surface area contributed by atoms with Crippen molar-refractivity contribution >= 4 is 15.7 Å². The average Bonchev–Trinajstić information content (AvgIpc) is 2.24. The highest BCUT2D eigenvalue weighted by Crippen LogP contribution is 2.24. The van der Waals surface area contributed by atoms with Gasteiger partial charge in [0, 0.05) is 19.0 Å². The van der Waals surface area contributed by atoms with Crippen molar-refractivity contribution in [1.29, 1.82) is 0 Å². The summed E-state index contributed by atoms with van der Waals surface area (Å²) in [5.41, 5.74) is 0. The van der Waals surface area contributed by atoms with Crippen molar-refractivity contribution in [1.82, 2.24) is 4.90 Å². The molecule has 0 radical (unpaired) electrons. The highest BCUT2D eigenvalue weighted by atomic mass is 32.2. The van der Waals surface area contributed by atoms with Crippen LogP contribution in [-0.4, -0.2) is 43.3 Å². The van der Waals surface area contributed by atoms with E-state index in [1.165, 1.54) is 0 Å². The summed E-state index contributed by atoms with van der Waals surface area (Å²) < 4.78 is 24.1. The van der Waals surface area contributed by atoms with E-state index in [-0.39, 0.29) is 28.7 Å². The van der Waals surface area contributed by atoms with Gasteiger partial charge in [-0.1, -0.05) is 40.5 Å². The molecule has 0 N–H and O–H groups in total. The van der Waals surface area contributed by atoms with Crippen LogP contribution in [0.1, 0.15) is 53.4 Å². The lowest BCUT2D eigenvalue weighted by atomic mass is 9.95. The maximum absolute atomic E-state index is 12.3. The van der Waals surface area contributed by atoms with E-state index in [4.69, 9.17) is 0 Å². The second kappa shape index (κ2) is 7.43. The summed E-state index contributed by atoms with van der Waals surface area (Å²) >= 11 is 0. The molecule has 1 aliphatic rings. The Morgan fingerprint density at radius 1 is 1.15 bits per heavy atom. The zero-order valence-electron chi connectivity index (χ0n) is 13.3. The molecule has 1 saturated heterocycles. The third-order valence-electron chi connectivity index (χ3n) is 3.86. The van der Waals surface area contributed by atoms with Gasteiger partial charge >= 0.3 is 0 Å². The minimum absolute atomic E-state index is 0.0822. The molecule has 0 spiro atoms. The number of amides is 1. The average molecular weight is 303 g/mol. The minimum atomic E-state index is -3.03. The first kappa shape index (κ1) is 17.5. The van der Waals surface area contributed by atoms with Crippen LogP contribution in [0.15, 0.2) is 0 Å². The first-order valence-corrected chi connectivity index (χ1v) is 9.53. The Balaban J connectivity index is 2.53. The molecule has 0 unspecified atom stereocenters. The molecule has 0 aromatic rings. The fourth-order valence-corrected chi connectivity index (χ4v) is 4.81.